The molecule has 37 heavy (non-hydrogen) atoms. The molecule has 0 aromatic heterocycles. The number of carbonyl (C=O) groups is 5. The van der Waals surface area contributed by atoms with Crippen LogP contribution in [0.2, 0.25) is 0 Å². The number of primary amides is 1. The first-order valence-corrected chi connectivity index (χ1v) is 11.4. The van der Waals surface area contributed by atoms with E-state index in [9.17, 15) is 24.0 Å². The molecular formula is C26H31N3O8. The quantitative estimate of drug-likeness (QED) is 0.216. The topological polar surface area (TPSA) is 163 Å². The SMILES string of the molecule is COC(=O)C(C(=O)OC)[C@@H](C)[C@@H](NC(=O)[C@@H](Cc1ccccc1)NC(=O)OCc1ccccc1)C(N)=O. The van der Waals surface area contributed by atoms with Crippen molar-refractivity contribution in [2.45, 2.75) is 32.0 Å². The molecular weight excluding hydrogens is 482 g/mol. The van der Waals surface area contributed by atoms with Crippen molar-refractivity contribution < 1.29 is 38.2 Å². The summed E-state index contributed by atoms with van der Waals surface area (Å²) in [6.07, 6.45) is -0.796. The molecule has 0 heterocycles. The molecule has 0 saturated heterocycles. The second-order valence-electron chi connectivity index (χ2n) is 8.22. The van der Waals surface area contributed by atoms with Crippen LogP contribution < -0.4 is 16.4 Å². The van der Waals surface area contributed by atoms with Crippen LogP contribution in [-0.4, -0.2) is 56.1 Å². The van der Waals surface area contributed by atoms with Crippen molar-refractivity contribution >= 4 is 29.8 Å². The third-order valence-electron chi connectivity index (χ3n) is 5.67. The largest absolute Gasteiger partial charge is 0.468 e. The van der Waals surface area contributed by atoms with E-state index in [2.05, 4.69) is 20.1 Å². The summed E-state index contributed by atoms with van der Waals surface area (Å²) >= 11 is 0. The number of amides is 3. The summed E-state index contributed by atoms with van der Waals surface area (Å²) in [5.74, 6) is -6.33. The van der Waals surface area contributed by atoms with Gasteiger partial charge in [-0.05, 0) is 11.1 Å². The maximum Gasteiger partial charge on any atom is 0.408 e. The standard InChI is InChI=1S/C26H31N3O8/c1-16(20(24(32)35-2)25(33)36-3)21(22(27)30)29-23(31)19(14-17-10-6-4-7-11-17)28-26(34)37-15-18-12-8-5-9-13-18/h4-13,16,19-21H,14-15H2,1-3H3,(H2,27,30)(H,28,34)(H,29,31)/t16-,19-,21-/m1/s1. The van der Waals surface area contributed by atoms with Crippen molar-refractivity contribution in [3.05, 3.63) is 71.8 Å². The van der Waals surface area contributed by atoms with Gasteiger partial charge in [0.2, 0.25) is 11.8 Å². The van der Waals surface area contributed by atoms with Gasteiger partial charge in [0.25, 0.3) is 0 Å². The Morgan fingerprint density at radius 1 is 0.811 bits per heavy atom. The molecule has 0 aliphatic heterocycles. The maximum atomic E-state index is 13.3. The zero-order valence-corrected chi connectivity index (χ0v) is 20.8. The van der Waals surface area contributed by atoms with Gasteiger partial charge in [-0.15, -0.1) is 0 Å². The van der Waals surface area contributed by atoms with Crippen molar-refractivity contribution in [1.82, 2.24) is 10.6 Å². The predicted molar refractivity (Wildman–Crippen MR) is 132 cm³/mol. The van der Waals surface area contributed by atoms with E-state index in [1.807, 2.05) is 6.07 Å². The van der Waals surface area contributed by atoms with Crippen molar-refractivity contribution in [3.63, 3.8) is 0 Å². The fraction of sp³-hybridized carbons (Fsp3) is 0.346. The molecule has 4 N–H and O–H groups in total. The Hall–Kier alpha value is -4.41. The van der Waals surface area contributed by atoms with E-state index in [-0.39, 0.29) is 13.0 Å². The Morgan fingerprint density at radius 2 is 1.32 bits per heavy atom. The van der Waals surface area contributed by atoms with Gasteiger partial charge in [0.1, 0.15) is 18.7 Å². The van der Waals surface area contributed by atoms with Gasteiger partial charge >= 0.3 is 18.0 Å². The summed E-state index contributed by atoms with van der Waals surface area (Å²) < 4.78 is 14.5. The van der Waals surface area contributed by atoms with Crippen molar-refractivity contribution in [3.8, 4) is 0 Å². The lowest BCUT2D eigenvalue weighted by Gasteiger charge is -2.28. The molecule has 11 heteroatoms. The van der Waals surface area contributed by atoms with Gasteiger partial charge in [-0.2, -0.15) is 0 Å². The minimum absolute atomic E-state index is 0.0206. The molecule has 0 aliphatic rings. The van der Waals surface area contributed by atoms with Gasteiger partial charge in [-0.3, -0.25) is 19.2 Å². The Kier molecular flexibility index (Phi) is 11.1. The van der Waals surface area contributed by atoms with Crippen LogP contribution in [0.4, 0.5) is 4.79 Å². The van der Waals surface area contributed by atoms with E-state index in [4.69, 9.17) is 10.5 Å². The van der Waals surface area contributed by atoms with Crippen LogP contribution in [-0.2, 0) is 46.4 Å². The molecule has 2 aromatic rings. The number of nitrogens with two attached hydrogens (primary N) is 1. The average molecular weight is 514 g/mol. The third-order valence-corrected chi connectivity index (χ3v) is 5.67. The summed E-state index contributed by atoms with van der Waals surface area (Å²) in [5, 5.41) is 4.96. The Bertz CT molecular complexity index is 1060. The van der Waals surface area contributed by atoms with Gasteiger partial charge in [-0.1, -0.05) is 67.6 Å². The molecule has 3 atom stereocenters. The number of nitrogens with one attached hydrogen (secondary N) is 2. The number of carbonyl (C=O) groups excluding carboxylic acids is 5. The molecule has 198 valence electrons. The first kappa shape index (κ1) is 28.8. The van der Waals surface area contributed by atoms with Crippen molar-refractivity contribution in [2.75, 3.05) is 14.2 Å². The summed E-state index contributed by atoms with van der Waals surface area (Å²) in [4.78, 5) is 62.5. The molecule has 0 fully saturated rings. The zero-order valence-electron chi connectivity index (χ0n) is 20.8. The van der Waals surface area contributed by atoms with Gasteiger partial charge in [0, 0.05) is 12.3 Å². The Morgan fingerprint density at radius 3 is 1.81 bits per heavy atom. The van der Waals surface area contributed by atoms with E-state index in [0.717, 1.165) is 25.3 Å². The van der Waals surface area contributed by atoms with Gasteiger partial charge in [0.15, 0.2) is 5.92 Å². The molecule has 0 aliphatic carbocycles. The highest BCUT2D eigenvalue weighted by molar-refractivity contribution is 5.97. The lowest BCUT2D eigenvalue weighted by atomic mass is 9.86. The number of ether oxygens (including phenoxy) is 3. The second-order valence-corrected chi connectivity index (χ2v) is 8.22. The third kappa shape index (κ3) is 8.64. The number of methoxy groups -OCH3 is 2. The normalized spacial score (nSPS) is 13.0. The molecule has 0 saturated carbocycles. The minimum atomic E-state index is -1.52. The van der Waals surface area contributed by atoms with Crippen molar-refractivity contribution in [1.29, 1.82) is 0 Å². The summed E-state index contributed by atoms with van der Waals surface area (Å²) in [6.45, 7) is 1.36. The van der Waals surface area contributed by atoms with Crippen LogP contribution in [0, 0.1) is 11.8 Å². The van der Waals surface area contributed by atoms with Crippen LogP contribution in [0.25, 0.3) is 0 Å². The highest BCUT2D eigenvalue weighted by Gasteiger charge is 2.42. The van der Waals surface area contributed by atoms with Gasteiger partial charge in [0.05, 0.1) is 14.2 Å². The molecule has 2 rings (SSSR count). The van der Waals surface area contributed by atoms with E-state index in [1.54, 1.807) is 54.6 Å². The molecule has 0 spiro atoms. The van der Waals surface area contributed by atoms with E-state index >= 15 is 0 Å². The molecule has 11 nitrogen and oxygen atoms in total. The number of alkyl carbamates (subject to hydrolysis) is 1. The summed E-state index contributed by atoms with van der Waals surface area (Å²) in [6, 6.07) is 15.2. The van der Waals surface area contributed by atoms with Crippen LogP contribution >= 0.6 is 0 Å². The van der Waals surface area contributed by atoms with Crippen LogP contribution in [0.15, 0.2) is 60.7 Å². The van der Waals surface area contributed by atoms with E-state index in [1.165, 1.54) is 6.92 Å². The molecule has 0 radical (unpaired) electrons. The number of benzene rings is 2. The lowest BCUT2D eigenvalue weighted by molar-refractivity contribution is -0.162. The maximum absolute atomic E-state index is 13.3. The second kappa shape index (κ2) is 14.2. The number of rotatable bonds is 12. The van der Waals surface area contributed by atoms with E-state index < -0.39 is 53.8 Å². The molecule has 2 aromatic carbocycles. The van der Waals surface area contributed by atoms with Crippen molar-refractivity contribution in [2.24, 2.45) is 17.6 Å². The first-order valence-electron chi connectivity index (χ1n) is 11.4. The molecule has 0 unspecified atom stereocenters. The Balaban J connectivity index is 2.22. The van der Waals surface area contributed by atoms with Gasteiger partial charge < -0.3 is 30.6 Å². The van der Waals surface area contributed by atoms with Crippen LogP contribution in [0.1, 0.15) is 18.1 Å². The predicted octanol–water partition coefficient (Wildman–Crippen LogP) is 1.09. The highest BCUT2D eigenvalue weighted by Crippen LogP contribution is 2.20. The fourth-order valence-electron chi connectivity index (χ4n) is 3.65. The average Bonchev–Trinajstić information content (AvgIpc) is 2.90. The van der Waals surface area contributed by atoms with E-state index in [0.29, 0.717) is 0 Å². The summed E-state index contributed by atoms with van der Waals surface area (Å²) in [7, 11) is 2.15. The van der Waals surface area contributed by atoms with Gasteiger partial charge in [-0.25, -0.2) is 4.79 Å². The lowest BCUT2D eigenvalue weighted by Crippen LogP contribution is -2.57. The minimum Gasteiger partial charge on any atom is -0.468 e. The van der Waals surface area contributed by atoms with Crippen LogP contribution in [0.5, 0.6) is 0 Å². The zero-order chi connectivity index (χ0) is 27.4. The highest BCUT2D eigenvalue weighted by atomic mass is 16.6. The first-order chi connectivity index (χ1) is 17.7. The molecule has 3 amide bonds. The number of hydrogen-bond donors (Lipinski definition) is 3. The Labute approximate surface area is 214 Å². The smallest absolute Gasteiger partial charge is 0.408 e. The number of esters is 2. The molecule has 0 bridgehead atoms. The fourth-order valence-corrected chi connectivity index (χ4v) is 3.65. The van der Waals surface area contributed by atoms with Crippen LogP contribution in [0.3, 0.4) is 0 Å². The summed E-state index contributed by atoms with van der Waals surface area (Å²) in [5.41, 5.74) is 6.97. The monoisotopic (exact) mass is 513 g/mol. The number of hydrogen-bond acceptors (Lipinski definition) is 8.